The fourth-order valence-corrected chi connectivity index (χ4v) is 2.62. The SMILES string of the molecule is CC(=O)NC(=Cc1cccc([N+](=O)[O-])c1)C(=O)N1CCC(C)CC1. The van der Waals surface area contributed by atoms with Gasteiger partial charge in [-0.2, -0.15) is 0 Å². The monoisotopic (exact) mass is 331 g/mol. The van der Waals surface area contributed by atoms with E-state index in [2.05, 4.69) is 12.2 Å². The van der Waals surface area contributed by atoms with Crippen molar-refractivity contribution in [1.82, 2.24) is 10.2 Å². The number of nitrogens with one attached hydrogen (secondary N) is 1. The first kappa shape index (κ1) is 17.7. The predicted octanol–water partition coefficient (Wildman–Crippen LogP) is 2.33. The number of nitro groups is 1. The molecule has 1 aliphatic rings. The number of non-ortho nitro benzene ring substituents is 1. The van der Waals surface area contributed by atoms with Crippen LogP contribution in [0, 0.1) is 16.0 Å². The van der Waals surface area contributed by atoms with Crippen LogP contribution in [0.3, 0.4) is 0 Å². The molecule has 0 bridgehead atoms. The summed E-state index contributed by atoms with van der Waals surface area (Å²) in [4.78, 5) is 36.2. The van der Waals surface area contributed by atoms with Crippen LogP contribution >= 0.6 is 0 Å². The second-order valence-corrected chi connectivity index (χ2v) is 6.07. The summed E-state index contributed by atoms with van der Waals surface area (Å²) in [5.74, 6) is -0.0342. The quantitative estimate of drug-likeness (QED) is 0.520. The molecule has 0 saturated carbocycles. The van der Waals surface area contributed by atoms with Gasteiger partial charge in [0.2, 0.25) is 5.91 Å². The molecule has 1 aliphatic heterocycles. The average molecular weight is 331 g/mol. The predicted molar refractivity (Wildman–Crippen MR) is 89.9 cm³/mol. The molecule has 1 aromatic rings. The third kappa shape index (κ3) is 4.65. The van der Waals surface area contributed by atoms with E-state index in [1.165, 1.54) is 25.1 Å². The van der Waals surface area contributed by atoms with Crippen molar-refractivity contribution >= 4 is 23.6 Å². The van der Waals surface area contributed by atoms with Crippen molar-refractivity contribution < 1.29 is 14.5 Å². The van der Waals surface area contributed by atoms with Gasteiger partial charge in [-0.15, -0.1) is 0 Å². The van der Waals surface area contributed by atoms with Gasteiger partial charge in [0.25, 0.3) is 11.6 Å². The van der Waals surface area contributed by atoms with Gasteiger partial charge < -0.3 is 10.2 Å². The highest BCUT2D eigenvalue weighted by atomic mass is 16.6. The lowest BCUT2D eigenvalue weighted by Gasteiger charge is -2.31. The molecule has 2 rings (SSSR count). The molecule has 1 fully saturated rings. The lowest BCUT2D eigenvalue weighted by atomic mass is 9.99. The second-order valence-electron chi connectivity index (χ2n) is 6.07. The maximum atomic E-state index is 12.7. The number of nitro benzene ring substituents is 1. The van der Waals surface area contributed by atoms with Crippen LogP contribution in [0.2, 0.25) is 0 Å². The van der Waals surface area contributed by atoms with Gasteiger partial charge in [0.15, 0.2) is 0 Å². The van der Waals surface area contributed by atoms with Crippen molar-refractivity contribution in [1.29, 1.82) is 0 Å². The van der Waals surface area contributed by atoms with Gasteiger partial charge in [0.05, 0.1) is 4.92 Å². The number of hydrogen-bond acceptors (Lipinski definition) is 4. The van der Waals surface area contributed by atoms with Crippen LogP contribution in [0.25, 0.3) is 6.08 Å². The maximum absolute atomic E-state index is 12.7. The van der Waals surface area contributed by atoms with Crippen molar-refractivity contribution in [2.75, 3.05) is 13.1 Å². The number of amides is 2. The number of carbonyl (C=O) groups excluding carboxylic acids is 2. The highest BCUT2D eigenvalue weighted by Gasteiger charge is 2.23. The van der Waals surface area contributed by atoms with Gasteiger partial charge in [0.1, 0.15) is 5.70 Å². The molecule has 7 heteroatoms. The Morgan fingerprint density at radius 3 is 2.58 bits per heavy atom. The second kappa shape index (κ2) is 7.72. The van der Waals surface area contributed by atoms with E-state index in [1.807, 2.05) is 0 Å². The number of hydrogen-bond donors (Lipinski definition) is 1. The van der Waals surface area contributed by atoms with Crippen molar-refractivity contribution in [3.8, 4) is 0 Å². The number of benzene rings is 1. The number of likely N-dealkylation sites (tertiary alicyclic amines) is 1. The van der Waals surface area contributed by atoms with Gasteiger partial charge in [-0.05, 0) is 30.4 Å². The van der Waals surface area contributed by atoms with E-state index < -0.39 is 4.92 Å². The van der Waals surface area contributed by atoms with Crippen molar-refractivity contribution in [2.24, 2.45) is 5.92 Å². The van der Waals surface area contributed by atoms with E-state index in [0.29, 0.717) is 24.6 Å². The van der Waals surface area contributed by atoms with E-state index >= 15 is 0 Å². The number of carbonyl (C=O) groups is 2. The number of rotatable bonds is 4. The lowest BCUT2D eigenvalue weighted by Crippen LogP contribution is -2.42. The molecule has 7 nitrogen and oxygen atoms in total. The number of nitrogens with zero attached hydrogens (tertiary/aromatic N) is 2. The van der Waals surface area contributed by atoms with Crippen LogP contribution < -0.4 is 5.32 Å². The molecule has 0 radical (unpaired) electrons. The highest BCUT2D eigenvalue weighted by molar-refractivity contribution is 6.01. The van der Waals surface area contributed by atoms with Crippen LogP contribution in [-0.4, -0.2) is 34.7 Å². The average Bonchev–Trinajstić information content (AvgIpc) is 2.54. The molecule has 24 heavy (non-hydrogen) atoms. The summed E-state index contributed by atoms with van der Waals surface area (Å²) >= 11 is 0. The summed E-state index contributed by atoms with van der Waals surface area (Å²) in [6.07, 6.45) is 3.33. The highest BCUT2D eigenvalue weighted by Crippen LogP contribution is 2.19. The Bertz CT molecular complexity index is 676. The minimum absolute atomic E-state index is 0.0647. The zero-order valence-corrected chi connectivity index (χ0v) is 13.8. The van der Waals surface area contributed by atoms with Crippen LogP contribution in [0.5, 0.6) is 0 Å². The van der Waals surface area contributed by atoms with E-state index in [-0.39, 0.29) is 23.2 Å². The summed E-state index contributed by atoms with van der Waals surface area (Å²) in [5, 5.41) is 13.4. The Labute approximate surface area is 140 Å². The molecule has 1 aromatic carbocycles. The smallest absolute Gasteiger partial charge is 0.270 e. The van der Waals surface area contributed by atoms with Gasteiger partial charge in [-0.1, -0.05) is 19.1 Å². The molecule has 0 atom stereocenters. The van der Waals surface area contributed by atoms with E-state index in [4.69, 9.17) is 0 Å². The summed E-state index contributed by atoms with van der Waals surface area (Å²) in [7, 11) is 0. The van der Waals surface area contributed by atoms with Crippen molar-refractivity contribution in [3.05, 3.63) is 45.6 Å². The molecule has 1 N–H and O–H groups in total. The normalized spacial score (nSPS) is 15.9. The topological polar surface area (TPSA) is 92.5 Å². The Kier molecular flexibility index (Phi) is 5.68. The molecule has 2 amide bonds. The molecule has 0 unspecified atom stereocenters. The summed E-state index contributed by atoms with van der Waals surface area (Å²) < 4.78 is 0. The van der Waals surface area contributed by atoms with E-state index in [9.17, 15) is 19.7 Å². The summed E-state index contributed by atoms with van der Waals surface area (Å²) in [5.41, 5.74) is 0.564. The molecule has 1 saturated heterocycles. The van der Waals surface area contributed by atoms with E-state index in [0.717, 1.165) is 12.8 Å². The van der Waals surface area contributed by atoms with Crippen molar-refractivity contribution in [2.45, 2.75) is 26.7 Å². The molecule has 128 valence electrons. The molecular formula is C17H21N3O4. The molecule has 0 aliphatic carbocycles. The van der Waals surface area contributed by atoms with Crippen LogP contribution in [-0.2, 0) is 9.59 Å². The molecule has 1 heterocycles. The Morgan fingerprint density at radius 1 is 1.33 bits per heavy atom. The van der Waals surface area contributed by atoms with E-state index in [1.54, 1.807) is 17.0 Å². The zero-order valence-electron chi connectivity index (χ0n) is 13.8. The first-order valence-electron chi connectivity index (χ1n) is 7.90. The Balaban J connectivity index is 2.27. The fraction of sp³-hybridized carbons (Fsp3) is 0.412. The van der Waals surface area contributed by atoms with Gasteiger partial charge >= 0.3 is 0 Å². The van der Waals surface area contributed by atoms with Gasteiger partial charge in [0, 0.05) is 32.1 Å². The molecule has 0 aromatic heterocycles. The zero-order chi connectivity index (χ0) is 17.7. The standard InChI is InChI=1S/C17H21N3O4/c1-12-6-8-19(9-7-12)17(22)16(18-13(2)21)11-14-4-3-5-15(10-14)20(23)24/h3-5,10-12H,6-9H2,1-2H3,(H,18,21). The lowest BCUT2D eigenvalue weighted by molar-refractivity contribution is -0.384. The van der Waals surface area contributed by atoms with Crippen molar-refractivity contribution in [3.63, 3.8) is 0 Å². The summed E-state index contributed by atoms with van der Waals surface area (Å²) in [6, 6.07) is 5.94. The van der Waals surface area contributed by atoms with Gasteiger partial charge in [-0.3, -0.25) is 19.7 Å². The minimum atomic E-state index is -0.497. The van der Waals surface area contributed by atoms with Crippen LogP contribution in [0.15, 0.2) is 30.0 Å². The number of piperidine rings is 1. The first-order valence-corrected chi connectivity index (χ1v) is 7.90. The third-order valence-electron chi connectivity index (χ3n) is 4.00. The molecule has 0 spiro atoms. The largest absolute Gasteiger partial charge is 0.337 e. The fourth-order valence-electron chi connectivity index (χ4n) is 2.62. The van der Waals surface area contributed by atoms with Crippen LogP contribution in [0.1, 0.15) is 32.3 Å². The Morgan fingerprint density at radius 2 is 2.00 bits per heavy atom. The first-order chi connectivity index (χ1) is 11.4. The van der Waals surface area contributed by atoms with Gasteiger partial charge in [-0.25, -0.2) is 0 Å². The maximum Gasteiger partial charge on any atom is 0.270 e. The van der Waals surface area contributed by atoms with Crippen LogP contribution in [0.4, 0.5) is 5.69 Å². The minimum Gasteiger partial charge on any atom is -0.337 e. The molecular weight excluding hydrogens is 310 g/mol. The third-order valence-corrected chi connectivity index (χ3v) is 4.00. The summed E-state index contributed by atoms with van der Waals surface area (Å²) in [6.45, 7) is 4.76. The Hall–Kier alpha value is -2.70.